The molecule has 1 heterocycles. The molecule has 1 aromatic carbocycles. The lowest BCUT2D eigenvalue weighted by atomic mass is 10.2. The zero-order valence-electron chi connectivity index (χ0n) is 10.4. The zero-order chi connectivity index (χ0) is 14.0. The van der Waals surface area contributed by atoms with Gasteiger partial charge in [0.2, 0.25) is 10.0 Å². The summed E-state index contributed by atoms with van der Waals surface area (Å²) >= 11 is 5.87. The molecular formula is C12H14ClNO4S. The topological polar surface area (TPSA) is 63.7 Å². The van der Waals surface area contributed by atoms with Crippen LogP contribution in [0.3, 0.4) is 0 Å². The van der Waals surface area contributed by atoms with Crippen molar-refractivity contribution in [2.24, 2.45) is 0 Å². The Bertz CT molecular complexity index is 594. The van der Waals surface area contributed by atoms with Crippen LogP contribution in [-0.4, -0.2) is 38.9 Å². The number of nitrogens with zero attached hydrogens (tertiary/aromatic N) is 1. The number of rotatable bonds is 3. The third-order valence-electron chi connectivity index (χ3n) is 3.05. The highest BCUT2D eigenvalue weighted by Crippen LogP contribution is 2.25. The van der Waals surface area contributed by atoms with E-state index >= 15 is 0 Å². The average molecular weight is 304 g/mol. The molecule has 5 nitrogen and oxygen atoms in total. The second kappa shape index (κ2) is 5.48. The highest BCUT2D eigenvalue weighted by Gasteiger charge is 2.28. The van der Waals surface area contributed by atoms with Crippen LogP contribution >= 0.6 is 11.6 Å². The number of esters is 1. The SMILES string of the molecule is COC(=O)c1cc(S(=O)(=O)N2CCCC2)ccc1Cl. The quantitative estimate of drug-likeness (QED) is 0.800. The molecular weight excluding hydrogens is 290 g/mol. The third kappa shape index (κ3) is 2.75. The number of ether oxygens (including phenoxy) is 1. The van der Waals surface area contributed by atoms with Gasteiger partial charge in [0.15, 0.2) is 0 Å². The van der Waals surface area contributed by atoms with E-state index in [1.54, 1.807) is 0 Å². The lowest BCUT2D eigenvalue weighted by Crippen LogP contribution is -2.28. The highest BCUT2D eigenvalue weighted by atomic mass is 35.5. The maximum atomic E-state index is 12.3. The first kappa shape index (κ1) is 14.3. The summed E-state index contributed by atoms with van der Waals surface area (Å²) < 4.78 is 30.7. The van der Waals surface area contributed by atoms with Crippen molar-refractivity contribution in [1.82, 2.24) is 4.31 Å². The second-order valence-corrected chi connectivity index (χ2v) is 6.59. The molecule has 0 aromatic heterocycles. The molecule has 0 saturated carbocycles. The molecule has 1 aliphatic heterocycles. The molecule has 0 atom stereocenters. The third-order valence-corrected chi connectivity index (χ3v) is 5.27. The van der Waals surface area contributed by atoms with E-state index in [4.69, 9.17) is 11.6 Å². The van der Waals surface area contributed by atoms with Gasteiger partial charge in [-0.05, 0) is 31.0 Å². The average Bonchev–Trinajstić information content (AvgIpc) is 2.92. The van der Waals surface area contributed by atoms with Gasteiger partial charge in [-0.15, -0.1) is 0 Å². The van der Waals surface area contributed by atoms with Crippen molar-refractivity contribution in [3.8, 4) is 0 Å². The Morgan fingerprint density at radius 2 is 1.95 bits per heavy atom. The molecule has 0 aliphatic carbocycles. The molecule has 104 valence electrons. The summed E-state index contributed by atoms with van der Waals surface area (Å²) in [5, 5.41) is 0.173. The van der Waals surface area contributed by atoms with Gasteiger partial charge in [-0.25, -0.2) is 13.2 Å². The number of hydrogen-bond acceptors (Lipinski definition) is 4. The summed E-state index contributed by atoms with van der Waals surface area (Å²) in [5.41, 5.74) is 0.0597. The lowest BCUT2D eigenvalue weighted by Gasteiger charge is -2.16. The molecule has 7 heteroatoms. The minimum Gasteiger partial charge on any atom is -0.465 e. The Kier molecular flexibility index (Phi) is 4.13. The van der Waals surface area contributed by atoms with Gasteiger partial charge in [0, 0.05) is 13.1 Å². The van der Waals surface area contributed by atoms with Gasteiger partial charge in [-0.3, -0.25) is 0 Å². The Hall–Kier alpha value is -1.11. The van der Waals surface area contributed by atoms with Crippen molar-refractivity contribution in [3.05, 3.63) is 28.8 Å². The van der Waals surface area contributed by atoms with Crippen molar-refractivity contribution in [2.45, 2.75) is 17.7 Å². The van der Waals surface area contributed by atoms with E-state index in [0.29, 0.717) is 13.1 Å². The molecule has 1 aromatic rings. The van der Waals surface area contributed by atoms with Gasteiger partial charge in [0.25, 0.3) is 0 Å². The first-order valence-electron chi connectivity index (χ1n) is 5.85. The van der Waals surface area contributed by atoms with E-state index in [2.05, 4.69) is 4.74 Å². The second-order valence-electron chi connectivity index (χ2n) is 4.24. The molecule has 0 spiro atoms. The number of benzene rings is 1. The number of carbonyl (C=O) groups excluding carboxylic acids is 1. The Labute approximate surface area is 117 Å². The molecule has 0 N–H and O–H groups in total. The normalized spacial score (nSPS) is 16.5. The van der Waals surface area contributed by atoms with Gasteiger partial charge in [-0.1, -0.05) is 11.6 Å². The van der Waals surface area contributed by atoms with Crippen LogP contribution in [0, 0.1) is 0 Å². The zero-order valence-corrected chi connectivity index (χ0v) is 12.0. The summed E-state index contributed by atoms with van der Waals surface area (Å²) in [4.78, 5) is 11.6. The molecule has 0 amide bonds. The van der Waals surface area contributed by atoms with E-state index in [0.717, 1.165) is 12.8 Å². The van der Waals surface area contributed by atoms with Crippen molar-refractivity contribution in [3.63, 3.8) is 0 Å². The monoisotopic (exact) mass is 303 g/mol. The molecule has 19 heavy (non-hydrogen) atoms. The van der Waals surface area contributed by atoms with Gasteiger partial charge in [0.05, 0.1) is 22.6 Å². The molecule has 2 rings (SSSR count). The van der Waals surface area contributed by atoms with Crippen LogP contribution in [0.4, 0.5) is 0 Å². The first-order valence-corrected chi connectivity index (χ1v) is 7.66. The molecule has 1 saturated heterocycles. The molecule has 0 unspecified atom stereocenters. The van der Waals surface area contributed by atoms with Crippen molar-refractivity contribution < 1.29 is 17.9 Å². The number of carbonyl (C=O) groups is 1. The van der Waals surface area contributed by atoms with Crippen LogP contribution in [0.15, 0.2) is 23.1 Å². The molecule has 1 fully saturated rings. The van der Waals surface area contributed by atoms with Crippen molar-refractivity contribution in [2.75, 3.05) is 20.2 Å². The predicted molar refractivity (Wildman–Crippen MR) is 70.8 cm³/mol. The van der Waals surface area contributed by atoms with Gasteiger partial charge in [0.1, 0.15) is 0 Å². The van der Waals surface area contributed by atoms with Crippen molar-refractivity contribution >= 4 is 27.6 Å². The Morgan fingerprint density at radius 1 is 1.32 bits per heavy atom. The Morgan fingerprint density at radius 3 is 2.53 bits per heavy atom. The fourth-order valence-electron chi connectivity index (χ4n) is 2.01. The van der Waals surface area contributed by atoms with Crippen LogP contribution in [0.25, 0.3) is 0 Å². The van der Waals surface area contributed by atoms with E-state index in [1.807, 2.05) is 0 Å². The summed E-state index contributed by atoms with van der Waals surface area (Å²) in [7, 11) is -2.33. The number of methoxy groups -OCH3 is 1. The van der Waals surface area contributed by atoms with E-state index in [9.17, 15) is 13.2 Å². The first-order chi connectivity index (χ1) is 8.96. The molecule has 0 bridgehead atoms. The maximum Gasteiger partial charge on any atom is 0.339 e. The number of sulfonamides is 1. The summed E-state index contributed by atoms with van der Waals surface area (Å²) in [6.45, 7) is 1.02. The predicted octanol–water partition coefficient (Wildman–Crippen LogP) is 1.91. The summed E-state index contributed by atoms with van der Waals surface area (Å²) in [6.07, 6.45) is 1.72. The van der Waals surface area contributed by atoms with Crippen LogP contribution in [0.1, 0.15) is 23.2 Å². The van der Waals surface area contributed by atoms with E-state index in [-0.39, 0.29) is 15.5 Å². The molecule has 1 aliphatic rings. The fraction of sp³-hybridized carbons (Fsp3) is 0.417. The van der Waals surface area contributed by atoms with E-state index < -0.39 is 16.0 Å². The van der Waals surface area contributed by atoms with Gasteiger partial charge >= 0.3 is 5.97 Å². The number of hydrogen-bond donors (Lipinski definition) is 0. The van der Waals surface area contributed by atoms with Crippen LogP contribution in [-0.2, 0) is 14.8 Å². The maximum absolute atomic E-state index is 12.3. The minimum absolute atomic E-state index is 0.0597. The van der Waals surface area contributed by atoms with Crippen LogP contribution in [0.2, 0.25) is 5.02 Å². The number of halogens is 1. The standard InChI is InChI=1S/C12H14ClNO4S/c1-18-12(15)10-8-9(4-5-11(10)13)19(16,17)14-6-2-3-7-14/h4-5,8H,2-3,6-7H2,1H3. The van der Waals surface area contributed by atoms with Gasteiger partial charge in [-0.2, -0.15) is 4.31 Å². The summed E-state index contributed by atoms with van der Waals surface area (Å²) in [6, 6.07) is 4.07. The van der Waals surface area contributed by atoms with Crippen LogP contribution < -0.4 is 0 Å². The molecule has 0 radical (unpaired) electrons. The van der Waals surface area contributed by atoms with Crippen molar-refractivity contribution in [1.29, 1.82) is 0 Å². The Balaban J connectivity index is 2.43. The minimum atomic E-state index is -3.55. The lowest BCUT2D eigenvalue weighted by molar-refractivity contribution is 0.0600. The van der Waals surface area contributed by atoms with Gasteiger partial charge < -0.3 is 4.74 Å². The van der Waals surface area contributed by atoms with Crippen LogP contribution in [0.5, 0.6) is 0 Å². The summed E-state index contributed by atoms with van der Waals surface area (Å²) in [5.74, 6) is -0.650. The smallest absolute Gasteiger partial charge is 0.339 e. The highest BCUT2D eigenvalue weighted by molar-refractivity contribution is 7.89. The fourth-order valence-corrected chi connectivity index (χ4v) is 3.75. The largest absolute Gasteiger partial charge is 0.465 e. The van der Waals surface area contributed by atoms with E-state index in [1.165, 1.54) is 29.6 Å².